The second-order valence-electron chi connectivity index (χ2n) is 7.24. The molecule has 5 nitrogen and oxygen atoms in total. The van der Waals surface area contributed by atoms with E-state index in [-0.39, 0.29) is 11.9 Å². The van der Waals surface area contributed by atoms with Crippen molar-refractivity contribution in [3.8, 4) is 17.9 Å². The van der Waals surface area contributed by atoms with E-state index >= 15 is 0 Å². The van der Waals surface area contributed by atoms with Crippen molar-refractivity contribution in [1.29, 1.82) is 10.5 Å². The van der Waals surface area contributed by atoms with Crippen LogP contribution in [0.5, 0.6) is 5.75 Å². The molecule has 26 heavy (non-hydrogen) atoms. The van der Waals surface area contributed by atoms with Crippen LogP contribution in [0.2, 0.25) is 0 Å². The number of ether oxygens (including phenoxy) is 1. The van der Waals surface area contributed by atoms with Crippen molar-refractivity contribution < 1.29 is 9.53 Å². The summed E-state index contributed by atoms with van der Waals surface area (Å²) in [5.74, 6) is 0.671. The highest BCUT2D eigenvalue weighted by Gasteiger charge is 2.50. The smallest absolute Gasteiger partial charge is 0.176 e. The van der Waals surface area contributed by atoms with Crippen LogP contribution in [0.3, 0.4) is 0 Å². The van der Waals surface area contributed by atoms with Crippen molar-refractivity contribution in [2.45, 2.75) is 51.0 Å². The minimum atomic E-state index is -0.778. The van der Waals surface area contributed by atoms with Crippen LogP contribution >= 0.6 is 0 Å². The fourth-order valence-corrected chi connectivity index (χ4v) is 4.31. The average molecular weight is 351 g/mol. The van der Waals surface area contributed by atoms with E-state index in [1.807, 2.05) is 18.2 Å². The van der Waals surface area contributed by atoms with Crippen LogP contribution < -0.4 is 4.74 Å². The van der Waals surface area contributed by atoms with E-state index in [0.29, 0.717) is 37.0 Å². The lowest BCUT2D eigenvalue weighted by Crippen LogP contribution is -2.50. The van der Waals surface area contributed by atoms with Crippen molar-refractivity contribution in [1.82, 2.24) is 4.90 Å². The predicted octanol–water partition coefficient (Wildman–Crippen LogP) is 3.71. The standard InChI is InChI=1S/C21H25N3O2/c22-12-5-10-21(11-6-13-23)19(9-16-24-14-3-4-15-24)26-18-8-2-1-7-17(18)20(21)25/h1-2,7-8,19H,3-6,9-11,14-16H2. The van der Waals surface area contributed by atoms with Crippen molar-refractivity contribution in [3.05, 3.63) is 29.8 Å². The Kier molecular flexibility index (Phi) is 5.91. The molecule has 1 atom stereocenters. The second kappa shape index (κ2) is 8.34. The molecule has 0 spiro atoms. The molecule has 1 saturated heterocycles. The molecule has 0 amide bonds. The highest BCUT2D eigenvalue weighted by molar-refractivity contribution is 6.04. The predicted molar refractivity (Wildman–Crippen MR) is 97.6 cm³/mol. The number of nitrogens with zero attached hydrogens (tertiary/aromatic N) is 3. The van der Waals surface area contributed by atoms with E-state index in [1.165, 1.54) is 12.8 Å². The van der Waals surface area contributed by atoms with Gasteiger partial charge in [-0.15, -0.1) is 0 Å². The van der Waals surface area contributed by atoms with Gasteiger partial charge >= 0.3 is 0 Å². The Hall–Kier alpha value is -2.37. The minimum Gasteiger partial charge on any atom is -0.489 e. The van der Waals surface area contributed by atoms with Crippen LogP contribution in [0.15, 0.2) is 24.3 Å². The minimum absolute atomic E-state index is 0.0382. The number of hydrogen-bond donors (Lipinski definition) is 0. The summed E-state index contributed by atoms with van der Waals surface area (Å²) in [6, 6.07) is 11.7. The number of para-hydroxylation sites is 1. The van der Waals surface area contributed by atoms with Gasteiger partial charge in [-0.2, -0.15) is 10.5 Å². The first kappa shape index (κ1) is 18.4. The molecule has 0 aromatic heterocycles. The number of fused-ring (bicyclic) bond motifs is 1. The van der Waals surface area contributed by atoms with E-state index in [2.05, 4.69) is 17.0 Å². The average Bonchev–Trinajstić information content (AvgIpc) is 3.19. The molecule has 1 aromatic rings. The Morgan fingerprint density at radius 1 is 1.12 bits per heavy atom. The zero-order valence-electron chi connectivity index (χ0n) is 15.1. The molecule has 0 aliphatic carbocycles. The number of carbonyl (C=O) groups is 1. The third-order valence-electron chi connectivity index (χ3n) is 5.74. The number of likely N-dealkylation sites (tertiary alicyclic amines) is 1. The van der Waals surface area contributed by atoms with Crippen molar-refractivity contribution in [3.63, 3.8) is 0 Å². The molecule has 1 aromatic carbocycles. The van der Waals surface area contributed by atoms with Gasteiger partial charge in [0.15, 0.2) is 5.78 Å². The molecule has 136 valence electrons. The molecular formula is C21H25N3O2. The van der Waals surface area contributed by atoms with Gasteiger partial charge in [0.25, 0.3) is 0 Å². The van der Waals surface area contributed by atoms with Gasteiger partial charge in [0, 0.05) is 19.4 Å². The van der Waals surface area contributed by atoms with E-state index in [4.69, 9.17) is 15.3 Å². The molecule has 0 radical (unpaired) electrons. The van der Waals surface area contributed by atoms with Crippen LogP contribution in [-0.4, -0.2) is 36.4 Å². The molecule has 2 aliphatic rings. The maximum atomic E-state index is 13.4. The van der Waals surface area contributed by atoms with Crippen LogP contribution in [0.1, 0.15) is 55.3 Å². The summed E-state index contributed by atoms with van der Waals surface area (Å²) in [4.78, 5) is 15.9. The Labute approximate surface area is 155 Å². The van der Waals surface area contributed by atoms with Crippen LogP contribution in [0, 0.1) is 28.1 Å². The summed E-state index contributed by atoms with van der Waals surface area (Å²) in [5.41, 5.74) is -0.194. The molecule has 3 rings (SSSR count). The lowest BCUT2D eigenvalue weighted by atomic mass is 9.67. The van der Waals surface area contributed by atoms with Gasteiger partial charge < -0.3 is 9.64 Å². The Morgan fingerprint density at radius 3 is 2.42 bits per heavy atom. The van der Waals surface area contributed by atoms with Crippen LogP contribution in [0.25, 0.3) is 0 Å². The quantitative estimate of drug-likeness (QED) is 0.748. The van der Waals surface area contributed by atoms with Gasteiger partial charge in [0.05, 0.1) is 23.1 Å². The molecule has 5 heteroatoms. The third kappa shape index (κ3) is 3.59. The topological polar surface area (TPSA) is 77.1 Å². The highest BCUT2D eigenvalue weighted by atomic mass is 16.5. The Balaban J connectivity index is 1.91. The molecule has 1 unspecified atom stereocenters. The second-order valence-corrected chi connectivity index (χ2v) is 7.24. The Bertz CT molecular complexity index is 708. The molecule has 1 fully saturated rings. The number of ketones is 1. The number of nitriles is 2. The summed E-state index contributed by atoms with van der Waals surface area (Å²) < 4.78 is 6.31. The lowest BCUT2D eigenvalue weighted by Gasteiger charge is -2.43. The van der Waals surface area contributed by atoms with Gasteiger partial charge in [-0.25, -0.2) is 0 Å². The number of carbonyl (C=O) groups excluding carboxylic acids is 1. The first-order valence-corrected chi connectivity index (χ1v) is 9.48. The molecule has 0 N–H and O–H groups in total. The number of Topliss-reactive ketones (excluding diaryl/α,β-unsaturated/α-hetero) is 1. The maximum Gasteiger partial charge on any atom is 0.176 e. The summed E-state index contributed by atoms with van der Waals surface area (Å²) in [5, 5.41) is 18.3. The van der Waals surface area contributed by atoms with Gasteiger partial charge in [-0.1, -0.05) is 12.1 Å². The number of benzene rings is 1. The summed E-state index contributed by atoms with van der Waals surface area (Å²) in [7, 11) is 0. The van der Waals surface area contributed by atoms with E-state index in [1.54, 1.807) is 6.07 Å². The largest absolute Gasteiger partial charge is 0.489 e. The first-order chi connectivity index (χ1) is 12.7. The van der Waals surface area contributed by atoms with Crippen LogP contribution in [-0.2, 0) is 0 Å². The number of rotatable bonds is 7. The van der Waals surface area contributed by atoms with Gasteiger partial charge in [0.2, 0.25) is 0 Å². The molecule has 0 bridgehead atoms. The van der Waals surface area contributed by atoms with Crippen molar-refractivity contribution in [2.24, 2.45) is 5.41 Å². The Morgan fingerprint density at radius 2 is 1.77 bits per heavy atom. The van der Waals surface area contributed by atoms with E-state index < -0.39 is 5.41 Å². The van der Waals surface area contributed by atoms with Crippen LogP contribution in [0.4, 0.5) is 0 Å². The van der Waals surface area contributed by atoms with Gasteiger partial charge in [0.1, 0.15) is 11.9 Å². The molecule has 0 saturated carbocycles. The first-order valence-electron chi connectivity index (χ1n) is 9.48. The molecular weight excluding hydrogens is 326 g/mol. The van der Waals surface area contributed by atoms with E-state index in [0.717, 1.165) is 26.1 Å². The summed E-state index contributed by atoms with van der Waals surface area (Å²) in [6.45, 7) is 3.09. The highest BCUT2D eigenvalue weighted by Crippen LogP contribution is 2.46. The monoisotopic (exact) mass is 351 g/mol. The zero-order valence-corrected chi connectivity index (χ0v) is 15.1. The maximum absolute atomic E-state index is 13.4. The van der Waals surface area contributed by atoms with Gasteiger partial charge in [-0.3, -0.25) is 4.79 Å². The lowest BCUT2D eigenvalue weighted by molar-refractivity contribution is 0.0111. The van der Waals surface area contributed by atoms with Gasteiger partial charge in [-0.05, 0) is 57.3 Å². The SMILES string of the molecule is N#CCCC1(CCC#N)C(=O)c2ccccc2OC1CCN1CCCC1. The molecule has 2 heterocycles. The fraction of sp³-hybridized carbons (Fsp3) is 0.571. The number of hydrogen-bond acceptors (Lipinski definition) is 5. The molecule has 2 aliphatic heterocycles. The summed E-state index contributed by atoms with van der Waals surface area (Å²) in [6.07, 6.45) is 4.39. The zero-order chi connectivity index (χ0) is 18.4. The normalized spacial score (nSPS) is 21.5. The van der Waals surface area contributed by atoms with Crippen molar-refractivity contribution in [2.75, 3.05) is 19.6 Å². The third-order valence-corrected chi connectivity index (χ3v) is 5.74. The fourth-order valence-electron chi connectivity index (χ4n) is 4.31. The van der Waals surface area contributed by atoms with Crippen molar-refractivity contribution >= 4 is 5.78 Å². The summed E-state index contributed by atoms with van der Waals surface area (Å²) >= 11 is 0. The van der Waals surface area contributed by atoms with E-state index in [9.17, 15) is 4.79 Å².